The molecule has 0 fully saturated rings. The molecule has 0 radical (unpaired) electrons. The second kappa shape index (κ2) is 4.47. The topological polar surface area (TPSA) is 73.9 Å². The molecule has 2 rings (SSSR count). The molecule has 0 spiro atoms. The SMILES string of the molecule is Nc1nncc(-c2ccccc2OC(F)(F)F)n1. The summed E-state index contributed by atoms with van der Waals surface area (Å²) in [6, 6.07) is 5.57. The van der Waals surface area contributed by atoms with Crippen LogP contribution in [0.5, 0.6) is 5.75 Å². The molecule has 0 aliphatic rings. The first-order valence-electron chi connectivity index (χ1n) is 4.76. The van der Waals surface area contributed by atoms with Crippen LogP contribution in [-0.2, 0) is 0 Å². The average Bonchev–Trinajstić information content (AvgIpc) is 2.27. The van der Waals surface area contributed by atoms with Gasteiger partial charge in [0.05, 0.1) is 11.9 Å². The minimum absolute atomic E-state index is 0.130. The van der Waals surface area contributed by atoms with E-state index in [-0.39, 0.29) is 23.0 Å². The van der Waals surface area contributed by atoms with Crippen molar-refractivity contribution in [3.8, 4) is 17.0 Å². The summed E-state index contributed by atoms with van der Waals surface area (Å²) in [7, 11) is 0. The van der Waals surface area contributed by atoms with Crippen molar-refractivity contribution < 1.29 is 17.9 Å². The minimum Gasteiger partial charge on any atom is -0.405 e. The molecule has 0 saturated carbocycles. The maximum atomic E-state index is 12.2. The van der Waals surface area contributed by atoms with Crippen LogP contribution in [0.2, 0.25) is 0 Å². The van der Waals surface area contributed by atoms with E-state index in [1.165, 1.54) is 24.4 Å². The number of hydrogen-bond donors (Lipinski definition) is 1. The number of rotatable bonds is 2. The molecule has 0 amide bonds. The number of anilines is 1. The molecule has 1 heterocycles. The fourth-order valence-electron chi connectivity index (χ4n) is 1.34. The highest BCUT2D eigenvalue weighted by Gasteiger charge is 2.32. The monoisotopic (exact) mass is 256 g/mol. The Kier molecular flexibility index (Phi) is 3.00. The first-order valence-corrected chi connectivity index (χ1v) is 4.76. The van der Waals surface area contributed by atoms with Crippen LogP contribution < -0.4 is 10.5 Å². The molecule has 1 aromatic carbocycles. The van der Waals surface area contributed by atoms with Gasteiger partial charge in [-0.3, -0.25) is 0 Å². The van der Waals surface area contributed by atoms with Gasteiger partial charge in [-0.2, -0.15) is 5.10 Å². The highest BCUT2D eigenvalue weighted by Crippen LogP contribution is 2.32. The van der Waals surface area contributed by atoms with Gasteiger partial charge < -0.3 is 10.5 Å². The largest absolute Gasteiger partial charge is 0.573 e. The van der Waals surface area contributed by atoms with E-state index in [1.807, 2.05) is 0 Å². The Bertz CT molecular complexity index is 559. The summed E-state index contributed by atoms with van der Waals surface area (Å²) in [5.41, 5.74) is 5.62. The number of halogens is 3. The van der Waals surface area contributed by atoms with Crippen molar-refractivity contribution in [1.29, 1.82) is 0 Å². The molecule has 2 N–H and O–H groups in total. The van der Waals surface area contributed by atoms with Gasteiger partial charge in [0.25, 0.3) is 0 Å². The summed E-state index contributed by atoms with van der Waals surface area (Å²) in [6.07, 6.45) is -3.57. The zero-order chi connectivity index (χ0) is 13.2. The number of alkyl halides is 3. The lowest BCUT2D eigenvalue weighted by Crippen LogP contribution is -2.17. The first-order chi connectivity index (χ1) is 8.46. The number of nitrogen functional groups attached to an aromatic ring is 1. The van der Waals surface area contributed by atoms with Gasteiger partial charge in [0.1, 0.15) is 5.75 Å². The van der Waals surface area contributed by atoms with Crippen molar-refractivity contribution in [3.63, 3.8) is 0 Å². The molecule has 0 aliphatic heterocycles. The van der Waals surface area contributed by atoms with Crippen molar-refractivity contribution in [3.05, 3.63) is 30.5 Å². The third-order valence-corrected chi connectivity index (χ3v) is 1.96. The second-order valence-corrected chi connectivity index (χ2v) is 3.24. The Morgan fingerprint density at radius 3 is 2.56 bits per heavy atom. The van der Waals surface area contributed by atoms with Crippen molar-refractivity contribution in [1.82, 2.24) is 15.2 Å². The molecule has 94 valence electrons. The van der Waals surface area contributed by atoms with Gasteiger partial charge in [0.2, 0.25) is 5.95 Å². The Labute approximate surface area is 99.4 Å². The van der Waals surface area contributed by atoms with E-state index in [2.05, 4.69) is 19.9 Å². The predicted molar refractivity (Wildman–Crippen MR) is 56.4 cm³/mol. The maximum absolute atomic E-state index is 12.2. The smallest absolute Gasteiger partial charge is 0.405 e. The molecule has 0 saturated heterocycles. The quantitative estimate of drug-likeness (QED) is 0.889. The van der Waals surface area contributed by atoms with Crippen LogP contribution in [0.25, 0.3) is 11.3 Å². The zero-order valence-corrected chi connectivity index (χ0v) is 8.85. The predicted octanol–water partition coefficient (Wildman–Crippen LogP) is 2.02. The maximum Gasteiger partial charge on any atom is 0.573 e. The molecule has 5 nitrogen and oxygen atoms in total. The number of aromatic nitrogens is 3. The number of nitrogens with two attached hydrogens (primary N) is 1. The van der Waals surface area contributed by atoms with Crippen LogP contribution >= 0.6 is 0 Å². The molecule has 0 unspecified atom stereocenters. The van der Waals surface area contributed by atoms with Gasteiger partial charge in [-0.05, 0) is 12.1 Å². The molecule has 0 atom stereocenters. The molecule has 1 aromatic heterocycles. The van der Waals surface area contributed by atoms with Gasteiger partial charge in [-0.1, -0.05) is 12.1 Å². The van der Waals surface area contributed by atoms with Crippen LogP contribution in [0.3, 0.4) is 0 Å². The van der Waals surface area contributed by atoms with Crippen LogP contribution in [0.15, 0.2) is 30.5 Å². The molecule has 18 heavy (non-hydrogen) atoms. The highest BCUT2D eigenvalue weighted by atomic mass is 19.4. The molecule has 0 bridgehead atoms. The number of para-hydroxylation sites is 1. The van der Waals surface area contributed by atoms with Crippen LogP contribution in [0.4, 0.5) is 19.1 Å². The van der Waals surface area contributed by atoms with Crippen LogP contribution in [-0.4, -0.2) is 21.5 Å². The Balaban J connectivity index is 2.45. The third kappa shape index (κ3) is 2.84. The summed E-state index contributed by atoms with van der Waals surface area (Å²) in [5, 5.41) is 6.95. The van der Waals surface area contributed by atoms with Crippen molar-refractivity contribution >= 4 is 5.95 Å². The van der Waals surface area contributed by atoms with Crippen molar-refractivity contribution in [2.24, 2.45) is 0 Å². The van der Waals surface area contributed by atoms with Gasteiger partial charge in [0, 0.05) is 5.56 Å². The zero-order valence-electron chi connectivity index (χ0n) is 8.85. The van der Waals surface area contributed by atoms with E-state index in [0.717, 1.165) is 0 Å². The highest BCUT2D eigenvalue weighted by molar-refractivity contribution is 5.66. The van der Waals surface area contributed by atoms with E-state index in [0.29, 0.717) is 0 Å². The molecule has 0 aliphatic carbocycles. The number of benzene rings is 1. The fourth-order valence-corrected chi connectivity index (χ4v) is 1.34. The lowest BCUT2D eigenvalue weighted by molar-refractivity contribution is -0.274. The molecule has 2 aromatic rings. The summed E-state index contributed by atoms with van der Waals surface area (Å²) in [5.74, 6) is -0.501. The lowest BCUT2D eigenvalue weighted by Gasteiger charge is -2.12. The van der Waals surface area contributed by atoms with Crippen molar-refractivity contribution in [2.45, 2.75) is 6.36 Å². The normalized spacial score (nSPS) is 11.3. The van der Waals surface area contributed by atoms with E-state index in [4.69, 9.17) is 5.73 Å². The average molecular weight is 256 g/mol. The number of hydrogen-bond acceptors (Lipinski definition) is 5. The van der Waals surface area contributed by atoms with Crippen molar-refractivity contribution in [2.75, 3.05) is 5.73 Å². The number of nitrogens with zero attached hydrogens (tertiary/aromatic N) is 3. The molecular formula is C10H7F3N4O. The fraction of sp³-hybridized carbons (Fsp3) is 0.100. The van der Waals surface area contributed by atoms with Crippen LogP contribution in [0.1, 0.15) is 0 Å². The molecular weight excluding hydrogens is 249 g/mol. The van der Waals surface area contributed by atoms with Gasteiger partial charge in [-0.15, -0.1) is 18.3 Å². The third-order valence-electron chi connectivity index (χ3n) is 1.96. The Morgan fingerprint density at radius 1 is 1.17 bits per heavy atom. The van der Waals surface area contributed by atoms with Gasteiger partial charge in [0.15, 0.2) is 0 Å². The molecule has 8 heteroatoms. The van der Waals surface area contributed by atoms with E-state index < -0.39 is 6.36 Å². The van der Waals surface area contributed by atoms with Gasteiger partial charge >= 0.3 is 6.36 Å². The summed E-state index contributed by atoms with van der Waals surface area (Å²) >= 11 is 0. The summed E-state index contributed by atoms with van der Waals surface area (Å²) < 4.78 is 40.6. The van der Waals surface area contributed by atoms with Gasteiger partial charge in [-0.25, -0.2) is 4.98 Å². The Hall–Kier alpha value is -2.38. The first kappa shape index (κ1) is 12.1. The number of ether oxygens (including phenoxy) is 1. The summed E-state index contributed by atoms with van der Waals surface area (Å²) in [4.78, 5) is 3.79. The second-order valence-electron chi connectivity index (χ2n) is 3.24. The summed E-state index contributed by atoms with van der Waals surface area (Å²) in [6.45, 7) is 0. The standard InChI is InChI=1S/C10H7F3N4O/c11-10(12,13)18-8-4-2-1-3-6(8)7-5-15-17-9(14)16-7/h1-5H,(H2,14,16,17). The Morgan fingerprint density at radius 2 is 1.89 bits per heavy atom. The lowest BCUT2D eigenvalue weighted by atomic mass is 10.1. The van der Waals surface area contributed by atoms with Crippen LogP contribution in [0, 0.1) is 0 Å². The van der Waals surface area contributed by atoms with E-state index in [1.54, 1.807) is 6.07 Å². The van der Waals surface area contributed by atoms with E-state index in [9.17, 15) is 13.2 Å². The van der Waals surface area contributed by atoms with E-state index >= 15 is 0 Å². The minimum atomic E-state index is -4.78.